The first-order valence-electron chi connectivity index (χ1n) is 6.00. The van der Waals surface area contributed by atoms with Crippen LogP contribution in [0.15, 0.2) is 47.4 Å². The van der Waals surface area contributed by atoms with E-state index in [4.69, 9.17) is 5.11 Å². The zero-order valence-corrected chi connectivity index (χ0v) is 11.9. The molecule has 2 aromatic carbocycles. The molecule has 0 amide bonds. The van der Waals surface area contributed by atoms with Crippen LogP contribution in [0, 0.1) is 11.6 Å². The molecular formula is C14H13F2NO3S. The lowest BCUT2D eigenvalue weighted by Gasteiger charge is -2.20. The number of benzene rings is 2. The fourth-order valence-electron chi connectivity index (χ4n) is 1.78. The van der Waals surface area contributed by atoms with Gasteiger partial charge in [-0.3, -0.25) is 4.31 Å². The van der Waals surface area contributed by atoms with Gasteiger partial charge in [0.15, 0.2) is 0 Å². The summed E-state index contributed by atoms with van der Waals surface area (Å²) in [4.78, 5) is -0.153. The van der Waals surface area contributed by atoms with Crippen molar-refractivity contribution in [1.82, 2.24) is 0 Å². The minimum atomic E-state index is -3.92. The molecule has 0 aliphatic heterocycles. The average molecular weight is 313 g/mol. The van der Waals surface area contributed by atoms with Crippen LogP contribution in [0.3, 0.4) is 0 Å². The number of anilines is 1. The third kappa shape index (κ3) is 3.03. The number of nitrogens with zero attached hydrogens (tertiary/aromatic N) is 1. The molecule has 1 N–H and O–H groups in total. The van der Waals surface area contributed by atoms with Gasteiger partial charge in [0.1, 0.15) is 11.6 Å². The van der Waals surface area contributed by atoms with Crippen molar-refractivity contribution in [3.63, 3.8) is 0 Å². The maximum Gasteiger partial charge on any atom is 0.264 e. The quantitative estimate of drug-likeness (QED) is 0.942. The predicted molar refractivity (Wildman–Crippen MR) is 74.3 cm³/mol. The van der Waals surface area contributed by atoms with Gasteiger partial charge in [0, 0.05) is 12.6 Å². The number of aliphatic hydroxyl groups excluding tert-OH is 1. The van der Waals surface area contributed by atoms with Crippen LogP contribution in [-0.2, 0) is 16.6 Å². The van der Waals surface area contributed by atoms with E-state index < -0.39 is 28.3 Å². The molecule has 0 atom stereocenters. The Bertz CT molecular complexity index is 745. The normalized spacial score (nSPS) is 11.4. The van der Waals surface area contributed by atoms with Crippen LogP contribution in [0.1, 0.15) is 5.56 Å². The second-order valence-corrected chi connectivity index (χ2v) is 6.33. The van der Waals surface area contributed by atoms with E-state index in [0.717, 1.165) is 34.6 Å². The second kappa shape index (κ2) is 5.79. The minimum Gasteiger partial charge on any atom is -0.392 e. The Labute approximate surface area is 121 Å². The Kier molecular flexibility index (Phi) is 4.24. The highest BCUT2D eigenvalue weighted by atomic mass is 32.2. The molecule has 0 saturated carbocycles. The summed E-state index contributed by atoms with van der Waals surface area (Å²) in [6.07, 6.45) is 0. The fraction of sp³-hybridized carbons (Fsp3) is 0.143. The predicted octanol–water partition coefficient (Wildman–Crippen LogP) is 2.28. The highest BCUT2D eigenvalue weighted by Crippen LogP contribution is 2.23. The van der Waals surface area contributed by atoms with Crippen molar-refractivity contribution in [2.24, 2.45) is 0 Å². The maximum atomic E-state index is 13.3. The van der Waals surface area contributed by atoms with Gasteiger partial charge >= 0.3 is 0 Å². The van der Waals surface area contributed by atoms with Crippen LogP contribution in [0.2, 0.25) is 0 Å². The van der Waals surface area contributed by atoms with Gasteiger partial charge in [-0.25, -0.2) is 17.2 Å². The molecule has 7 heteroatoms. The molecule has 0 aliphatic rings. The van der Waals surface area contributed by atoms with E-state index >= 15 is 0 Å². The molecule has 0 fully saturated rings. The first-order valence-corrected chi connectivity index (χ1v) is 7.44. The zero-order chi connectivity index (χ0) is 15.6. The van der Waals surface area contributed by atoms with Crippen molar-refractivity contribution < 1.29 is 22.3 Å². The number of aliphatic hydroxyl groups is 1. The monoisotopic (exact) mass is 313 g/mol. The summed E-state index contributed by atoms with van der Waals surface area (Å²) in [6.45, 7) is -0.602. The second-order valence-electron chi connectivity index (χ2n) is 4.36. The van der Waals surface area contributed by atoms with E-state index in [0.29, 0.717) is 0 Å². The molecule has 0 spiro atoms. The van der Waals surface area contributed by atoms with E-state index in [1.54, 1.807) is 0 Å². The highest BCUT2D eigenvalue weighted by molar-refractivity contribution is 7.92. The van der Waals surface area contributed by atoms with Crippen LogP contribution in [0.25, 0.3) is 0 Å². The number of hydrogen-bond acceptors (Lipinski definition) is 3. The summed E-state index contributed by atoms with van der Waals surface area (Å²) in [6, 6.07) is 8.11. The minimum absolute atomic E-state index is 0.108. The lowest BCUT2D eigenvalue weighted by Crippen LogP contribution is -2.26. The Hall–Kier alpha value is -1.99. The van der Waals surface area contributed by atoms with Crippen LogP contribution in [0.5, 0.6) is 0 Å². The average Bonchev–Trinajstić information content (AvgIpc) is 2.47. The SMILES string of the molecule is CN(c1ccc(F)cc1)S(=O)(=O)c1ccc(F)c(CO)c1. The van der Waals surface area contributed by atoms with Crippen molar-refractivity contribution >= 4 is 15.7 Å². The third-order valence-corrected chi connectivity index (χ3v) is 4.82. The van der Waals surface area contributed by atoms with Gasteiger partial charge in [-0.05, 0) is 42.5 Å². The van der Waals surface area contributed by atoms with E-state index in [9.17, 15) is 17.2 Å². The van der Waals surface area contributed by atoms with Crippen LogP contribution in [-0.4, -0.2) is 20.6 Å². The van der Waals surface area contributed by atoms with Crippen molar-refractivity contribution in [2.45, 2.75) is 11.5 Å². The van der Waals surface area contributed by atoms with Gasteiger partial charge in [-0.1, -0.05) is 0 Å². The Balaban J connectivity index is 2.43. The lowest BCUT2D eigenvalue weighted by molar-refractivity contribution is 0.275. The topological polar surface area (TPSA) is 57.6 Å². The molecule has 0 unspecified atom stereocenters. The first-order chi connectivity index (χ1) is 9.86. The summed E-state index contributed by atoms with van der Waals surface area (Å²) < 4.78 is 52.0. The zero-order valence-electron chi connectivity index (χ0n) is 11.1. The summed E-state index contributed by atoms with van der Waals surface area (Å²) in [7, 11) is -2.61. The molecule has 112 valence electrons. The molecule has 2 rings (SSSR count). The van der Waals surface area contributed by atoms with Crippen molar-refractivity contribution in [3.8, 4) is 0 Å². The Morgan fingerprint density at radius 3 is 2.29 bits per heavy atom. The van der Waals surface area contributed by atoms with Crippen LogP contribution in [0.4, 0.5) is 14.5 Å². The molecular weight excluding hydrogens is 300 g/mol. The van der Waals surface area contributed by atoms with Gasteiger partial charge in [0.05, 0.1) is 17.2 Å². The molecule has 0 heterocycles. The van der Waals surface area contributed by atoms with E-state index in [2.05, 4.69) is 0 Å². The van der Waals surface area contributed by atoms with Crippen LogP contribution >= 0.6 is 0 Å². The standard InChI is InChI=1S/C14H13F2NO3S/c1-17(12-4-2-11(15)3-5-12)21(19,20)13-6-7-14(16)10(8-13)9-18/h2-8,18H,9H2,1H3. The number of rotatable bonds is 4. The fourth-order valence-corrected chi connectivity index (χ4v) is 3.03. The maximum absolute atomic E-state index is 13.3. The Morgan fingerprint density at radius 2 is 1.71 bits per heavy atom. The van der Waals surface area contributed by atoms with Crippen molar-refractivity contribution in [2.75, 3.05) is 11.4 Å². The van der Waals surface area contributed by atoms with Gasteiger partial charge in [-0.15, -0.1) is 0 Å². The number of halogens is 2. The molecule has 0 aromatic heterocycles. The molecule has 0 bridgehead atoms. The van der Waals surface area contributed by atoms with Gasteiger partial charge in [0.25, 0.3) is 10.0 Å². The summed E-state index contributed by atoms with van der Waals surface area (Å²) >= 11 is 0. The van der Waals surface area contributed by atoms with E-state index in [1.165, 1.54) is 19.2 Å². The molecule has 0 saturated heterocycles. The van der Waals surface area contributed by atoms with Crippen LogP contribution < -0.4 is 4.31 Å². The van der Waals surface area contributed by atoms with Crippen molar-refractivity contribution in [1.29, 1.82) is 0 Å². The smallest absolute Gasteiger partial charge is 0.264 e. The van der Waals surface area contributed by atoms with Gasteiger partial charge < -0.3 is 5.11 Å². The van der Waals surface area contributed by atoms with E-state index in [1.807, 2.05) is 0 Å². The van der Waals surface area contributed by atoms with E-state index in [-0.39, 0.29) is 16.1 Å². The first kappa shape index (κ1) is 15.4. The largest absolute Gasteiger partial charge is 0.392 e. The summed E-state index contributed by atoms with van der Waals surface area (Å²) in [5, 5.41) is 9.00. The molecule has 0 aliphatic carbocycles. The number of sulfonamides is 1. The Morgan fingerprint density at radius 1 is 1.10 bits per heavy atom. The molecule has 0 radical (unpaired) electrons. The number of hydrogen-bond donors (Lipinski definition) is 1. The lowest BCUT2D eigenvalue weighted by atomic mass is 10.2. The van der Waals surface area contributed by atoms with Crippen molar-refractivity contribution in [3.05, 3.63) is 59.7 Å². The molecule has 2 aromatic rings. The summed E-state index contributed by atoms with van der Waals surface area (Å²) in [5.74, 6) is -1.16. The van der Waals surface area contributed by atoms with Gasteiger partial charge in [-0.2, -0.15) is 0 Å². The molecule has 4 nitrogen and oxygen atoms in total. The van der Waals surface area contributed by atoms with Gasteiger partial charge in [0.2, 0.25) is 0 Å². The summed E-state index contributed by atoms with van der Waals surface area (Å²) in [5.41, 5.74) is 0.162. The molecule has 21 heavy (non-hydrogen) atoms. The third-order valence-electron chi connectivity index (χ3n) is 3.04. The highest BCUT2D eigenvalue weighted by Gasteiger charge is 2.22.